The molecule has 2 N–H and O–H groups in total. The molecule has 0 bridgehead atoms. The van der Waals surface area contributed by atoms with Crippen LogP contribution in [-0.4, -0.2) is 35.5 Å². The second kappa shape index (κ2) is 7.50. The first-order valence-electron chi connectivity index (χ1n) is 8.71. The molecule has 134 valence electrons. The van der Waals surface area contributed by atoms with Gasteiger partial charge in [0.05, 0.1) is 0 Å². The Morgan fingerprint density at radius 2 is 1.84 bits per heavy atom. The molecule has 0 radical (unpaired) electrons. The van der Waals surface area contributed by atoms with E-state index in [0.717, 1.165) is 37.9 Å². The van der Waals surface area contributed by atoms with Crippen LogP contribution in [0.1, 0.15) is 31.0 Å². The average Bonchev–Trinajstić information content (AvgIpc) is 2.58. The standard InChI is InChI=1S/C20H25F2N3/c1-14-12-25(15(2)19-8-5-17(21)11-20(19)22)10-9-24(14)13-16-3-6-18(23)7-4-16/h3-8,11,14-15H,9-10,12-13,23H2,1-2H3/t14-,15?/m0/s1. The van der Waals surface area contributed by atoms with Crippen molar-refractivity contribution in [2.75, 3.05) is 25.4 Å². The van der Waals surface area contributed by atoms with Crippen molar-refractivity contribution >= 4 is 5.69 Å². The summed E-state index contributed by atoms with van der Waals surface area (Å²) in [6, 6.07) is 12.1. The number of nitrogens with two attached hydrogens (primary N) is 1. The molecule has 2 aromatic carbocycles. The molecule has 1 heterocycles. The molecule has 1 aliphatic rings. The maximum absolute atomic E-state index is 14.1. The second-order valence-corrected chi connectivity index (χ2v) is 6.90. The van der Waals surface area contributed by atoms with E-state index >= 15 is 0 Å². The van der Waals surface area contributed by atoms with E-state index in [-0.39, 0.29) is 6.04 Å². The van der Waals surface area contributed by atoms with Gasteiger partial charge in [-0.15, -0.1) is 0 Å². The summed E-state index contributed by atoms with van der Waals surface area (Å²) < 4.78 is 27.2. The summed E-state index contributed by atoms with van der Waals surface area (Å²) in [5.74, 6) is -1.00. The minimum absolute atomic E-state index is 0.0678. The molecule has 1 aliphatic heterocycles. The maximum Gasteiger partial charge on any atom is 0.130 e. The molecule has 2 atom stereocenters. The Balaban J connectivity index is 1.63. The first kappa shape index (κ1) is 17.8. The Kier molecular flexibility index (Phi) is 5.35. The molecule has 3 nitrogen and oxygen atoms in total. The average molecular weight is 345 g/mol. The Labute approximate surface area is 148 Å². The number of hydrogen-bond acceptors (Lipinski definition) is 3. The summed E-state index contributed by atoms with van der Waals surface area (Å²) in [6.45, 7) is 7.69. The van der Waals surface area contributed by atoms with E-state index in [0.29, 0.717) is 11.6 Å². The molecule has 0 aromatic heterocycles. The minimum atomic E-state index is -0.532. The quantitative estimate of drug-likeness (QED) is 0.855. The molecule has 1 saturated heterocycles. The van der Waals surface area contributed by atoms with Crippen molar-refractivity contribution in [1.29, 1.82) is 0 Å². The number of hydrogen-bond donors (Lipinski definition) is 1. The van der Waals surface area contributed by atoms with E-state index in [1.807, 2.05) is 19.1 Å². The van der Waals surface area contributed by atoms with E-state index in [1.165, 1.54) is 11.6 Å². The van der Waals surface area contributed by atoms with Crippen LogP contribution >= 0.6 is 0 Å². The van der Waals surface area contributed by atoms with Crippen LogP contribution in [0.3, 0.4) is 0 Å². The first-order valence-corrected chi connectivity index (χ1v) is 8.71. The molecule has 1 unspecified atom stereocenters. The highest BCUT2D eigenvalue weighted by molar-refractivity contribution is 5.39. The first-order chi connectivity index (χ1) is 11.9. The Morgan fingerprint density at radius 1 is 1.12 bits per heavy atom. The smallest absolute Gasteiger partial charge is 0.130 e. The SMILES string of the molecule is CC(c1ccc(F)cc1F)N1CCN(Cc2ccc(N)cc2)[C@@H](C)C1. The number of rotatable bonds is 4. The molecule has 0 amide bonds. The van der Waals surface area contributed by atoms with Crippen LogP contribution in [0.15, 0.2) is 42.5 Å². The lowest BCUT2D eigenvalue weighted by Gasteiger charge is -2.42. The molecule has 25 heavy (non-hydrogen) atoms. The molecule has 2 aromatic rings. The summed E-state index contributed by atoms with van der Waals surface area (Å²) in [7, 11) is 0. The number of benzene rings is 2. The van der Waals surface area contributed by atoms with Gasteiger partial charge in [0.1, 0.15) is 11.6 Å². The molecule has 0 aliphatic carbocycles. The van der Waals surface area contributed by atoms with E-state index in [2.05, 4.69) is 28.9 Å². The Bertz CT molecular complexity index is 717. The van der Waals surface area contributed by atoms with Gasteiger partial charge in [-0.1, -0.05) is 18.2 Å². The lowest BCUT2D eigenvalue weighted by molar-refractivity contribution is 0.0539. The highest BCUT2D eigenvalue weighted by Gasteiger charge is 2.28. The van der Waals surface area contributed by atoms with Crippen LogP contribution in [0.4, 0.5) is 14.5 Å². The van der Waals surface area contributed by atoms with Crippen molar-refractivity contribution < 1.29 is 8.78 Å². The molecule has 0 spiro atoms. The van der Waals surface area contributed by atoms with Gasteiger partial charge in [0.25, 0.3) is 0 Å². The predicted octanol–water partition coefficient (Wildman–Crippen LogP) is 3.81. The second-order valence-electron chi connectivity index (χ2n) is 6.90. The van der Waals surface area contributed by atoms with Gasteiger partial charge in [-0.2, -0.15) is 0 Å². The van der Waals surface area contributed by atoms with Crippen LogP contribution in [0, 0.1) is 11.6 Å². The number of nitrogen functional groups attached to an aromatic ring is 1. The van der Waals surface area contributed by atoms with Gasteiger partial charge >= 0.3 is 0 Å². The van der Waals surface area contributed by atoms with Crippen LogP contribution < -0.4 is 5.73 Å². The molecule has 3 rings (SSSR count). The lowest BCUT2D eigenvalue weighted by atomic mass is 10.0. The fraction of sp³-hybridized carbons (Fsp3) is 0.400. The monoisotopic (exact) mass is 345 g/mol. The molecule has 1 fully saturated rings. The van der Waals surface area contributed by atoms with Crippen LogP contribution in [0.5, 0.6) is 0 Å². The van der Waals surface area contributed by atoms with Gasteiger partial charge in [-0.05, 0) is 37.6 Å². The third-order valence-electron chi connectivity index (χ3n) is 5.12. The summed E-state index contributed by atoms with van der Waals surface area (Å²) in [6.07, 6.45) is 0. The predicted molar refractivity (Wildman–Crippen MR) is 97.1 cm³/mol. The van der Waals surface area contributed by atoms with Crippen molar-refractivity contribution in [1.82, 2.24) is 9.80 Å². The zero-order chi connectivity index (χ0) is 18.0. The summed E-state index contributed by atoms with van der Waals surface area (Å²) in [4.78, 5) is 4.69. The molecule has 5 heteroatoms. The van der Waals surface area contributed by atoms with Gasteiger partial charge in [-0.3, -0.25) is 9.80 Å². The van der Waals surface area contributed by atoms with Crippen LogP contribution in [-0.2, 0) is 6.54 Å². The van der Waals surface area contributed by atoms with E-state index in [4.69, 9.17) is 5.73 Å². The number of halogens is 2. The summed E-state index contributed by atoms with van der Waals surface area (Å²) in [5.41, 5.74) is 8.31. The van der Waals surface area contributed by atoms with Gasteiger partial charge in [-0.25, -0.2) is 8.78 Å². The van der Waals surface area contributed by atoms with E-state index in [1.54, 1.807) is 6.07 Å². The summed E-state index contributed by atoms with van der Waals surface area (Å²) >= 11 is 0. The maximum atomic E-state index is 14.1. The van der Waals surface area contributed by atoms with Crippen molar-refractivity contribution in [3.63, 3.8) is 0 Å². The molecular formula is C20H25F2N3. The van der Waals surface area contributed by atoms with Crippen molar-refractivity contribution in [2.24, 2.45) is 0 Å². The van der Waals surface area contributed by atoms with Gasteiger partial charge in [0.2, 0.25) is 0 Å². The molecular weight excluding hydrogens is 320 g/mol. The van der Waals surface area contributed by atoms with Gasteiger partial charge < -0.3 is 5.73 Å². The fourth-order valence-corrected chi connectivity index (χ4v) is 3.50. The zero-order valence-corrected chi connectivity index (χ0v) is 14.8. The number of nitrogens with zero attached hydrogens (tertiary/aromatic N) is 2. The number of piperazine rings is 1. The van der Waals surface area contributed by atoms with Crippen molar-refractivity contribution in [3.05, 3.63) is 65.2 Å². The Hall–Kier alpha value is -1.98. The van der Waals surface area contributed by atoms with Gasteiger partial charge in [0.15, 0.2) is 0 Å². The lowest BCUT2D eigenvalue weighted by Crippen LogP contribution is -2.51. The third-order valence-corrected chi connectivity index (χ3v) is 5.12. The number of anilines is 1. The van der Waals surface area contributed by atoms with Crippen molar-refractivity contribution in [3.8, 4) is 0 Å². The summed E-state index contributed by atoms with van der Waals surface area (Å²) in [5, 5.41) is 0. The van der Waals surface area contributed by atoms with Crippen LogP contribution in [0.25, 0.3) is 0 Å². The largest absolute Gasteiger partial charge is 0.399 e. The minimum Gasteiger partial charge on any atom is -0.399 e. The van der Waals surface area contributed by atoms with Crippen molar-refractivity contribution in [2.45, 2.75) is 32.5 Å². The zero-order valence-electron chi connectivity index (χ0n) is 14.8. The highest BCUT2D eigenvalue weighted by Crippen LogP contribution is 2.26. The topological polar surface area (TPSA) is 32.5 Å². The normalized spacial score (nSPS) is 20.6. The molecule has 0 saturated carbocycles. The van der Waals surface area contributed by atoms with Crippen LogP contribution in [0.2, 0.25) is 0 Å². The van der Waals surface area contributed by atoms with Gasteiger partial charge in [0, 0.05) is 55.6 Å². The third kappa shape index (κ3) is 4.17. The Morgan fingerprint density at radius 3 is 2.48 bits per heavy atom. The highest BCUT2D eigenvalue weighted by atomic mass is 19.1. The van der Waals surface area contributed by atoms with E-state index < -0.39 is 11.6 Å². The van der Waals surface area contributed by atoms with E-state index in [9.17, 15) is 8.78 Å². The fourth-order valence-electron chi connectivity index (χ4n) is 3.50.